The minimum Gasteiger partial charge on any atom is -0.401 e. The van der Waals surface area contributed by atoms with E-state index >= 15 is 0 Å². The van der Waals surface area contributed by atoms with E-state index in [-0.39, 0.29) is 0 Å². The molecule has 0 aliphatic heterocycles. The Bertz CT molecular complexity index is 172. The molecule has 0 aromatic heterocycles. The van der Waals surface area contributed by atoms with E-state index in [1.165, 1.54) is 0 Å². The second kappa shape index (κ2) is 4.79. The third kappa shape index (κ3) is 5.09. The highest BCUT2D eigenvalue weighted by atomic mass is 14.7. The van der Waals surface area contributed by atoms with Gasteiger partial charge >= 0.3 is 0 Å². The lowest BCUT2D eigenvalue weighted by atomic mass is 10.4. The zero-order chi connectivity index (χ0) is 7.98. The quantitative estimate of drug-likeness (QED) is 0.581. The topological polar surface area (TPSA) is 38.4 Å². The summed E-state index contributed by atoms with van der Waals surface area (Å²) in [5.74, 6) is 0. The summed E-state index contributed by atoms with van der Waals surface area (Å²) in [6.07, 6.45) is 5.52. The van der Waals surface area contributed by atoms with Crippen molar-refractivity contribution in [2.75, 3.05) is 0 Å². The van der Waals surface area contributed by atoms with E-state index in [1.807, 2.05) is 32.9 Å². The second-order valence-corrected chi connectivity index (χ2v) is 2.14. The Morgan fingerprint density at radius 3 is 2.40 bits per heavy atom. The average molecular weight is 138 g/mol. The van der Waals surface area contributed by atoms with Gasteiger partial charge in [-0.3, -0.25) is 4.99 Å². The third-order valence-electron chi connectivity index (χ3n) is 0.880. The second-order valence-electron chi connectivity index (χ2n) is 2.14. The van der Waals surface area contributed by atoms with Gasteiger partial charge < -0.3 is 5.73 Å². The maximum Gasteiger partial charge on any atom is 0.0455 e. The van der Waals surface area contributed by atoms with Crippen LogP contribution in [0.15, 0.2) is 29.0 Å². The Kier molecular flexibility index (Phi) is 4.29. The molecule has 0 aromatic rings. The summed E-state index contributed by atoms with van der Waals surface area (Å²) in [5.41, 5.74) is 7.06. The molecular weight excluding hydrogens is 124 g/mol. The van der Waals surface area contributed by atoms with Gasteiger partial charge in [0.05, 0.1) is 0 Å². The molecule has 0 fully saturated rings. The predicted molar refractivity (Wildman–Crippen MR) is 45.9 cm³/mol. The maximum absolute atomic E-state index is 5.37. The van der Waals surface area contributed by atoms with Crippen molar-refractivity contribution in [1.82, 2.24) is 0 Å². The highest BCUT2D eigenvalue weighted by Crippen LogP contribution is 1.85. The summed E-state index contributed by atoms with van der Waals surface area (Å²) in [6, 6.07) is 0. The minimum absolute atomic E-state index is 0.726. The molecule has 2 heteroatoms. The highest BCUT2D eigenvalue weighted by molar-refractivity contribution is 5.93. The number of nitrogens with two attached hydrogens (primary N) is 1. The molecule has 2 N–H and O–H groups in total. The molecule has 0 aliphatic carbocycles. The molecule has 0 bridgehead atoms. The van der Waals surface area contributed by atoms with Crippen molar-refractivity contribution in [2.24, 2.45) is 10.7 Å². The molecule has 0 saturated carbocycles. The van der Waals surface area contributed by atoms with Gasteiger partial charge in [-0.25, -0.2) is 0 Å². The number of hydrogen-bond donors (Lipinski definition) is 1. The Balaban J connectivity index is 4.05. The number of nitrogens with zero attached hydrogens (tertiary/aromatic N) is 1. The lowest BCUT2D eigenvalue weighted by molar-refractivity contribution is 1.27. The van der Waals surface area contributed by atoms with Gasteiger partial charge in [0.2, 0.25) is 0 Å². The molecule has 0 saturated heterocycles. The summed E-state index contributed by atoms with van der Waals surface area (Å²) >= 11 is 0. The van der Waals surface area contributed by atoms with Crippen molar-refractivity contribution in [2.45, 2.75) is 20.8 Å². The van der Waals surface area contributed by atoms with Gasteiger partial charge in [-0.1, -0.05) is 6.08 Å². The summed E-state index contributed by atoms with van der Waals surface area (Å²) in [6.45, 7) is 5.70. The summed E-state index contributed by atoms with van der Waals surface area (Å²) in [7, 11) is 0. The van der Waals surface area contributed by atoms with Gasteiger partial charge in [-0.05, 0) is 26.8 Å². The van der Waals surface area contributed by atoms with E-state index in [9.17, 15) is 0 Å². The van der Waals surface area contributed by atoms with Crippen LogP contribution in [-0.2, 0) is 0 Å². The Morgan fingerprint density at radius 2 is 2.00 bits per heavy atom. The molecule has 10 heavy (non-hydrogen) atoms. The monoisotopic (exact) mass is 138 g/mol. The molecule has 56 valence electrons. The molecule has 2 nitrogen and oxygen atoms in total. The van der Waals surface area contributed by atoms with Crippen LogP contribution in [0.5, 0.6) is 0 Å². The fraction of sp³-hybridized carbons (Fsp3) is 0.375. The van der Waals surface area contributed by atoms with Crippen molar-refractivity contribution in [1.29, 1.82) is 0 Å². The molecular formula is C8H14N2. The summed E-state index contributed by atoms with van der Waals surface area (Å²) < 4.78 is 0. The van der Waals surface area contributed by atoms with E-state index in [2.05, 4.69) is 4.99 Å². The van der Waals surface area contributed by atoms with Crippen LogP contribution in [0.2, 0.25) is 0 Å². The predicted octanol–water partition coefficient (Wildman–Crippen LogP) is 1.84. The molecule has 0 amide bonds. The zero-order valence-electron chi connectivity index (χ0n) is 6.76. The smallest absolute Gasteiger partial charge is 0.0455 e. The van der Waals surface area contributed by atoms with Crippen LogP contribution in [0.1, 0.15) is 20.8 Å². The van der Waals surface area contributed by atoms with Gasteiger partial charge in [0.25, 0.3) is 0 Å². The standard InChI is InChI=1S/C8H14N2/c1-4-5-8(3)10-6-7(2)9/h4-6H,9H2,1-3H3/b5-4-,7-6-,10-8-. The van der Waals surface area contributed by atoms with Crippen molar-refractivity contribution in [3.8, 4) is 0 Å². The van der Waals surface area contributed by atoms with Crippen LogP contribution in [0.25, 0.3) is 0 Å². The number of allylic oxidation sites excluding steroid dienone is 3. The van der Waals surface area contributed by atoms with Gasteiger partial charge in [0, 0.05) is 17.6 Å². The molecule has 0 radical (unpaired) electrons. The van der Waals surface area contributed by atoms with E-state index in [0.717, 1.165) is 11.4 Å². The molecule has 0 rings (SSSR count). The zero-order valence-corrected chi connectivity index (χ0v) is 6.76. The van der Waals surface area contributed by atoms with Gasteiger partial charge in [0.1, 0.15) is 0 Å². The van der Waals surface area contributed by atoms with E-state index in [4.69, 9.17) is 5.73 Å². The molecule has 0 spiro atoms. The van der Waals surface area contributed by atoms with Crippen molar-refractivity contribution < 1.29 is 0 Å². The molecule has 0 unspecified atom stereocenters. The van der Waals surface area contributed by atoms with Gasteiger partial charge in [0.15, 0.2) is 0 Å². The van der Waals surface area contributed by atoms with Crippen molar-refractivity contribution >= 4 is 5.71 Å². The fourth-order valence-corrected chi connectivity index (χ4v) is 0.488. The van der Waals surface area contributed by atoms with E-state index in [0.29, 0.717) is 0 Å². The fourth-order valence-electron chi connectivity index (χ4n) is 0.488. The Morgan fingerprint density at radius 1 is 1.40 bits per heavy atom. The SMILES string of the molecule is C\C=C/C(C)=N\C=C(\C)N. The van der Waals surface area contributed by atoms with Crippen LogP contribution in [-0.4, -0.2) is 5.71 Å². The van der Waals surface area contributed by atoms with E-state index < -0.39 is 0 Å². The normalized spacial score (nSPS) is 14.7. The van der Waals surface area contributed by atoms with E-state index in [1.54, 1.807) is 6.20 Å². The lowest BCUT2D eigenvalue weighted by Crippen LogP contribution is -1.89. The number of hydrogen-bond acceptors (Lipinski definition) is 2. The van der Waals surface area contributed by atoms with Crippen LogP contribution in [0, 0.1) is 0 Å². The lowest BCUT2D eigenvalue weighted by Gasteiger charge is -1.87. The number of aliphatic imine (C=N–C) groups is 1. The summed E-state index contributed by atoms with van der Waals surface area (Å²) in [4.78, 5) is 4.06. The molecule has 0 heterocycles. The maximum atomic E-state index is 5.37. The first-order chi connectivity index (χ1) is 4.66. The first-order valence-electron chi connectivity index (χ1n) is 3.26. The van der Waals surface area contributed by atoms with Crippen molar-refractivity contribution in [3.05, 3.63) is 24.0 Å². The molecule has 0 aliphatic rings. The highest BCUT2D eigenvalue weighted by Gasteiger charge is 1.77. The third-order valence-corrected chi connectivity index (χ3v) is 0.880. The van der Waals surface area contributed by atoms with Crippen LogP contribution >= 0.6 is 0 Å². The van der Waals surface area contributed by atoms with Crippen LogP contribution in [0.4, 0.5) is 0 Å². The Hall–Kier alpha value is -1.05. The molecule has 0 aromatic carbocycles. The molecule has 0 atom stereocenters. The average Bonchev–Trinajstić information content (AvgIpc) is 1.85. The van der Waals surface area contributed by atoms with Crippen molar-refractivity contribution in [3.63, 3.8) is 0 Å². The van der Waals surface area contributed by atoms with Crippen LogP contribution in [0.3, 0.4) is 0 Å². The first kappa shape index (κ1) is 8.95. The van der Waals surface area contributed by atoms with Crippen LogP contribution < -0.4 is 5.73 Å². The largest absolute Gasteiger partial charge is 0.401 e. The minimum atomic E-state index is 0.726. The first-order valence-corrected chi connectivity index (χ1v) is 3.26. The summed E-state index contributed by atoms with van der Waals surface area (Å²) in [5, 5.41) is 0. The Labute approximate surface area is 62.1 Å². The number of rotatable bonds is 2. The van der Waals surface area contributed by atoms with Gasteiger partial charge in [-0.15, -0.1) is 0 Å². The van der Waals surface area contributed by atoms with Gasteiger partial charge in [-0.2, -0.15) is 0 Å².